The van der Waals surface area contributed by atoms with E-state index in [0.29, 0.717) is 5.56 Å². The summed E-state index contributed by atoms with van der Waals surface area (Å²) >= 11 is 0. The normalized spacial score (nSPS) is 12.4. The van der Waals surface area contributed by atoms with Crippen molar-refractivity contribution in [3.05, 3.63) is 54.4 Å². The Morgan fingerprint density at radius 1 is 1.20 bits per heavy atom. The summed E-state index contributed by atoms with van der Waals surface area (Å²) in [6.45, 7) is 4.11. The monoisotopic (exact) mass is 272 g/mol. The first kappa shape index (κ1) is 14.3. The molecule has 0 bridgehead atoms. The van der Waals surface area contributed by atoms with Crippen LogP contribution in [-0.2, 0) is 0 Å². The Hall–Kier alpha value is -2.07. The number of aliphatic hydroxyl groups excluding tert-OH is 1. The van der Waals surface area contributed by atoms with Crippen LogP contribution in [0.5, 0.6) is 0 Å². The molecule has 0 aliphatic rings. The van der Waals surface area contributed by atoms with E-state index in [-0.39, 0.29) is 18.4 Å². The fourth-order valence-electron chi connectivity index (χ4n) is 1.83. The average molecular weight is 272 g/mol. The number of rotatable bonds is 5. The summed E-state index contributed by atoms with van der Waals surface area (Å²) in [6, 6.07) is 11.3. The predicted molar refractivity (Wildman–Crippen MR) is 78.9 cm³/mol. The molecule has 1 heterocycles. The molecule has 4 nitrogen and oxygen atoms in total. The number of nitrogens with zero attached hydrogens (tertiary/aromatic N) is 1. The number of hydrogen-bond acceptors (Lipinski definition) is 2. The predicted octanol–water partition coefficient (Wildman–Crippen LogP) is 2.22. The number of aromatic nitrogens is 1. The summed E-state index contributed by atoms with van der Waals surface area (Å²) in [4.78, 5) is 11.9. The van der Waals surface area contributed by atoms with Gasteiger partial charge in [-0.2, -0.15) is 0 Å². The first-order valence-electron chi connectivity index (χ1n) is 6.77. The summed E-state index contributed by atoms with van der Waals surface area (Å²) in [5.74, 6) is -0.0322. The van der Waals surface area contributed by atoms with Crippen LogP contribution in [0.1, 0.15) is 24.2 Å². The standard InChI is InChI=1S/C16H20N2O2/c1-12(2)15(19)11-17-16(20)13-5-7-14(8-6-13)18-9-3-4-10-18/h3-10,12,15,19H,11H2,1-2H3,(H,17,20). The SMILES string of the molecule is CC(C)C(O)CNC(=O)c1ccc(-n2cccc2)cc1. The molecule has 2 aromatic rings. The Labute approximate surface area is 119 Å². The molecule has 0 saturated carbocycles. The Balaban J connectivity index is 1.98. The first-order valence-corrected chi connectivity index (χ1v) is 6.77. The van der Waals surface area contributed by atoms with Crippen LogP contribution < -0.4 is 5.32 Å². The minimum Gasteiger partial charge on any atom is -0.391 e. The van der Waals surface area contributed by atoms with Gasteiger partial charge < -0.3 is 15.0 Å². The van der Waals surface area contributed by atoms with E-state index >= 15 is 0 Å². The lowest BCUT2D eigenvalue weighted by Crippen LogP contribution is -2.34. The molecule has 0 radical (unpaired) electrons. The van der Waals surface area contributed by atoms with E-state index in [1.165, 1.54) is 0 Å². The second-order valence-corrected chi connectivity index (χ2v) is 5.16. The van der Waals surface area contributed by atoms with Gasteiger partial charge in [0.05, 0.1) is 6.10 Å². The van der Waals surface area contributed by atoms with E-state index in [4.69, 9.17) is 0 Å². The molecule has 20 heavy (non-hydrogen) atoms. The van der Waals surface area contributed by atoms with Gasteiger partial charge in [0.1, 0.15) is 0 Å². The molecule has 106 valence electrons. The minimum absolute atomic E-state index is 0.131. The van der Waals surface area contributed by atoms with Crippen LogP contribution in [0.2, 0.25) is 0 Å². The van der Waals surface area contributed by atoms with Gasteiger partial charge in [0.15, 0.2) is 0 Å². The van der Waals surface area contributed by atoms with Gasteiger partial charge in [-0.05, 0) is 42.3 Å². The number of hydrogen-bond donors (Lipinski definition) is 2. The van der Waals surface area contributed by atoms with E-state index in [1.54, 1.807) is 12.1 Å². The largest absolute Gasteiger partial charge is 0.391 e. The zero-order chi connectivity index (χ0) is 14.5. The van der Waals surface area contributed by atoms with Gasteiger partial charge in [-0.1, -0.05) is 13.8 Å². The highest BCUT2D eigenvalue weighted by Crippen LogP contribution is 2.10. The molecule has 1 aromatic heterocycles. The zero-order valence-corrected chi connectivity index (χ0v) is 11.8. The van der Waals surface area contributed by atoms with Crippen LogP contribution in [0.25, 0.3) is 5.69 Å². The third-order valence-electron chi connectivity index (χ3n) is 3.27. The maximum absolute atomic E-state index is 11.9. The fourth-order valence-corrected chi connectivity index (χ4v) is 1.83. The summed E-state index contributed by atoms with van der Waals surface area (Å²) in [5, 5.41) is 12.4. The van der Waals surface area contributed by atoms with E-state index in [2.05, 4.69) is 5.32 Å². The van der Waals surface area contributed by atoms with Gasteiger partial charge in [0.2, 0.25) is 0 Å². The molecule has 4 heteroatoms. The van der Waals surface area contributed by atoms with Crippen LogP contribution in [0.3, 0.4) is 0 Å². The smallest absolute Gasteiger partial charge is 0.251 e. The molecular weight excluding hydrogens is 252 g/mol. The molecular formula is C16H20N2O2. The Bertz CT molecular complexity index is 544. The van der Waals surface area contributed by atoms with Gasteiger partial charge in [-0.3, -0.25) is 4.79 Å². The summed E-state index contributed by atoms with van der Waals surface area (Å²) in [6.07, 6.45) is 3.39. The Kier molecular flexibility index (Phi) is 4.58. The first-order chi connectivity index (χ1) is 9.58. The molecule has 1 unspecified atom stereocenters. The number of aliphatic hydroxyl groups is 1. The Morgan fingerprint density at radius 3 is 2.35 bits per heavy atom. The number of nitrogens with one attached hydrogen (secondary N) is 1. The highest BCUT2D eigenvalue weighted by molar-refractivity contribution is 5.94. The third-order valence-corrected chi connectivity index (χ3v) is 3.27. The molecule has 1 aromatic carbocycles. The Morgan fingerprint density at radius 2 is 1.80 bits per heavy atom. The van der Waals surface area contributed by atoms with Gasteiger partial charge in [-0.15, -0.1) is 0 Å². The van der Waals surface area contributed by atoms with E-state index in [9.17, 15) is 9.90 Å². The van der Waals surface area contributed by atoms with Crippen molar-refractivity contribution >= 4 is 5.91 Å². The second-order valence-electron chi connectivity index (χ2n) is 5.16. The van der Waals surface area contributed by atoms with Crippen LogP contribution >= 0.6 is 0 Å². The molecule has 2 rings (SSSR count). The summed E-state index contributed by atoms with van der Waals surface area (Å²) in [5.41, 5.74) is 1.60. The van der Waals surface area contributed by atoms with Crippen molar-refractivity contribution in [2.24, 2.45) is 5.92 Å². The molecule has 0 aliphatic heterocycles. The van der Waals surface area contributed by atoms with Crippen molar-refractivity contribution < 1.29 is 9.90 Å². The van der Waals surface area contributed by atoms with Crippen LogP contribution in [0.15, 0.2) is 48.8 Å². The van der Waals surface area contributed by atoms with E-state index < -0.39 is 6.10 Å². The van der Waals surface area contributed by atoms with Gasteiger partial charge in [-0.25, -0.2) is 0 Å². The van der Waals surface area contributed by atoms with Gasteiger partial charge in [0, 0.05) is 30.2 Å². The number of carbonyl (C=O) groups is 1. The van der Waals surface area contributed by atoms with E-state index in [1.807, 2.05) is 55.1 Å². The van der Waals surface area contributed by atoms with Gasteiger partial charge in [0.25, 0.3) is 5.91 Å². The quantitative estimate of drug-likeness (QED) is 0.877. The van der Waals surface area contributed by atoms with E-state index in [0.717, 1.165) is 5.69 Å². The molecule has 0 spiro atoms. The van der Waals surface area contributed by atoms with Gasteiger partial charge >= 0.3 is 0 Å². The topological polar surface area (TPSA) is 54.3 Å². The lowest BCUT2D eigenvalue weighted by molar-refractivity contribution is 0.0871. The number of amides is 1. The lowest BCUT2D eigenvalue weighted by atomic mass is 10.1. The number of benzene rings is 1. The zero-order valence-electron chi connectivity index (χ0n) is 11.8. The molecule has 0 aliphatic carbocycles. The van der Waals surface area contributed by atoms with Crippen molar-refractivity contribution in [2.45, 2.75) is 20.0 Å². The van der Waals surface area contributed by atoms with Crippen molar-refractivity contribution in [3.63, 3.8) is 0 Å². The van der Waals surface area contributed by atoms with Crippen molar-refractivity contribution in [1.82, 2.24) is 9.88 Å². The van der Waals surface area contributed by atoms with Crippen LogP contribution in [0.4, 0.5) is 0 Å². The highest BCUT2D eigenvalue weighted by Gasteiger charge is 2.11. The van der Waals surface area contributed by atoms with Crippen molar-refractivity contribution in [2.75, 3.05) is 6.54 Å². The maximum atomic E-state index is 11.9. The van der Waals surface area contributed by atoms with Crippen molar-refractivity contribution in [1.29, 1.82) is 0 Å². The second kappa shape index (κ2) is 6.39. The average Bonchev–Trinajstić information content (AvgIpc) is 2.98. The molecule has 2 N–H and O–H groups in total. The minimum atomic E-state index is -0.516. The lowest BCUT2D eigenvalue weighted by Gasteiger charge is -2.15. The van der Waals surface area contributed by atoms with Crippen molar-refractivity contribution in [3.8, 4) is 5.69 Å². The third kappa shape index (κ3) is 3.48. The highest BCUT2D eigenvalue weighted by atomic mass is 16.3. The molecule has 1 amide bonds. The maximum Gasteiger partial charge on any atom is 0.251 e. The summed E-state index contributed by atoms with van der Waals surface area (Å²) in [7, 11) is 0. The fraction of sp³-hybridized carbons (Fsp3) is 0.312. The molecule has 1 atom stereocenters. The number of carbonyl (C=O) groups excluding carboxylic acids is 1. The molecule has 0 fully saturated rings. The summed E-state index contributed by atoms with van der Waals surface area (Å²) < 4.78 is 1.98. The van der Waals surface area contributed by atoms with Crippen LogP contribution in [0, 0.1) is 5.92 Å². The molecule has 0 saturated heterocycles. The van der Waals surface area contributed by atoms with Crippen LogP contribution in [-0.4, -0.2) is 28.2 Å².